The van der Waals surface area contributed by atoms with E-state index >= 15 is 0 Å². The van der Waals surface area contributed by atoms with Crippen LogP contribution in [0.1, 0.15) is 63.4 Å². The lowest BCUT2D eigenvalue weighted by molar-refractivity contribution is -0.136. The number of piperidine rings is 1. The van der Waals surface area contributed by atoms with Crippen LogP contribution in [0.15, 0.2) is 5.51 Å². The normalized spacial score (nSPS) is 22.8. The Morgan fingerprint density at radius 1 is 1.33 bits per heavy atom. The molecule has 166 valence electrons. The van der Waals surface area contributed by atoms with E-state index in [1.165, 1.54) is 4.90 Å². The van der Waals surface area contributed by atoms with E-state index in [4.69, 9.17) is 0 Å². The number of likely N-dealkylation sites (tertiary alicyclic amines) is 1. The fourth-order valence-electron chi connectivity index (χ4n) is 4.62. The number of carbonyl (C=O) groups is 3. The molecular formula is C22H34N4O3S. The Kier molecular flexibility index (Phi) is 7.16. The highest BCUT2D eigenvalue weighted by Crippen LogP contribution is 2.36. The first-order valence-electron chi connectivity index (χ1n) is 11.1. The van der Waals surface area contributed by atoms with Crippen molar-refractivity contribution in [2.45, 2.75) is 71.8 Å². The maximum absolute atomic E-state index is 13.4. The third-order valence-electron chi connectivity index (χ3n) is 6.65. The Balaban J connectivity index is 1.61. The number of aromatic nitrogens is 1. The highest BCUT2D eigenvalue weighted by atomic mass is 32.1. The quantitative estimate of drug-likeness (QED) is 0.636. The van der Waals surface area contributed by atoms with Crippen molar-refractivity contribution in [2.75, 3.05) is 19.6 Å². The molecule has 1 atom stereocenters. The van der Waals surface area contributed by atoms with Gasteiger partial charge in [-0.15, -0.1) is 11.3 Å². The molecule has 0 aromatic carbocycles. The molecule has 3 rings (SSSR count). The molecule has 8 heteroatoms. The number of aryl methyl sites for hydroxylation is 1. The molecule has 1 aromatic heterocycles. The van der Waals surface area contributed by atoms with Gasteiger partial charge in [-0.1, -0.05) is 20.8 Å². The summed E-state index contributed by atoms with van der Waals surface area (Å²) in [7, 11) is 0. The summed E-state index contributed by atoms with van der Waals surface area (Å²) in [6, 6.07) is -0.292. The Morgan fingerprint density at radius 2 is 2.03 bits per heavy atom. The zero-order valence-corrected chi connectivity index (χ0v) is 19.4. The monoisotopic (exact) mass is 434 g/mol. The second-order valence-corrected chi connectivity index (χ2v) is 9.85. The predicted octanol–water partition coefficient (Wildman–Crippen LogP) is 3.37. The minimum atomic E-state index is -0.840. The van der Waals surface area contributed by atoms with Gasteiger partial charge in [-0.3, -0.25) is 14.5 Å². The molecule has 2 saturated heterocycles. The molecule has 7 nitrogen and oxygen atoms in total. The molecule has 30 heavy (non-hydrogen) atoms. The van der Waals surface area contributed by atoms with E-state index in [0.717, 1.165) is 29.8 Å². The number of amides is 4. The predicted molar refractivity (Wildman–Crippen MR) is 117 cm³/mol. The van der Waals surface area contributed by atoms with Crippen molar-refractivity contribution in [3.63, 3.8) is 0 Å². The van der Waals surface area contributed by atoms with E-state index in [0.29, 0.717) is 44.8 Å². The van der Waals surface area contributed by atoms with Crippen molar-refractivity contribution in [3.05, 3.63) is 16.1 Å². The number of urea groups is 1. The summed E-state index contributed by atoms with van der Waals surface area (Å²) in [6.07, 6.45) is 4.18. The van der Waals surface area contributed by atoms with Gasteiger partial charge in [0.2, 0.25) is 5.91 Å². The molecule has 0 aliphatic carbocycles. The van der Waals surface area contributed by atoms with E-state index in [2.05, 4.69) is 24.1 Å². The summed E-state index contributed by atoms with van der Waals surface area (Å²) in [5, 5.41) is 3.04. The summed E-state index contributed by atoms with van der Waals surface area (Å²) < 4.78 is 0. The van der Waals surface area contributed by atoms with Crippen LogP contribution in [-0.2, 0) is 16.0 Å². The molecule has 3 heterocycles. The summed E-state index contributed by atoms with van der Waals surface area (Å²) in [6.45, 7) is 9.86. The highest BCUT2D eigenvalue weighted by Gasteiger charge is 2.54. The van der Waals surface area contributed by atoms with Gasteiger partial charge in [-0.25, -0.2) is 9.78 Å². The Morgan fingerprint density at radius 3 is 2.60 bits per heavy atom. The molecular weight excluding hydrogens is 400 g/mol. The van der Waals surface area contributed by atoms with Crippen molar-refractivity contribution in [1.29, 1.82) is 0 Å². The molecule has 2 aliphatic rings. The number of hydrogen-bond acceptors (Lipinski definition) is 5. The van der Waals surface area contributed by atoms with Gasteiger partial charge in [0.05, 0.1) is 11.2 Å². The molecule has 0 bridgehead atoms. The topological polar surface area (TPSA) is 82.6 Å². The van der Waals surface area contributed by atoms with Gasteiger partial charge in [-0.2, -0.15) is 0 Å². The molecule has 0 radical (unpaired) electrons. The molecule has 2 aliphatic heterocycles. The zero-order chi connectivity index (χ0) is 21.9. The lowest BCUT2D eigenvalue weighted by Gasteiger charge is -2.40. The molecule has 2 fully saturated rings. The maximum atomic E-state index is 13.4. The van der Waals surface area contributed by atoms with Gasteiger partial charge >= 0.3 is 6.03 Å². The fraction of sp³-hybridized carbons (Fsp3) is 0.727. The van der Waals surface area contributed by atoms with Crippen LogP contribution in [0.25, 0.3) is 0 Å². The summed E-state index contributed by atoms with van der Waals surface area (Å²) in [4.78, 5) is 47.1. The Labute approximate surface area is 183 Å². The van der Waals surface area contributed by atoms with Crippen molar-refractivity contribution in [3.8, 4) is 0 Å². The van der Waals surface area contributed by atoms with Gasteiger partial charge in [0.25, 0.3) is 5.91 Å². The van der Waals surface area contributed by atoms with Crippen LogP contribution >= 0.6 is 11.3 Å². The van der Waals surface area contributed by atoms with Gasteiger partial charge in [0, 0.05) is 37.4 Å². The SMILES string of the molecule is CC[C@@]1(C2CCN(C(=O)CCC(C)C)CC2)NC(=O)N(CCc2scnc2C)C1=O. The fourth-order valence-corrected chi connectivity index (χ4v) is 5.39. The average Bonchev–Trinajstić information content (AvgIpc) is 3.25. The lowest BCUT2D eigenvalue weighted by atomic mass is 9.75. The lowest BCUT2D eigenvalue weighted by Crippen LogP contribution is -2.56. The van der Waals surface area contributed by atoms with Crippen LogP contribution in [0, 0.1) is 18.8 Å². The second kappa shape index (κ2) is 9.45. The van der Waals surface area contributed by atoms with Gasteiger partial charge in [-0.05, 0) is 44.4 Å². The minimum absolute atomic E-state index is 0.0586. The number of carbonyl (C=O) groups excluding carboxylic acids is 3. The number of hydrogen-bond donors (Lipinski definition) is 1. The van der Waals surface area contributed by atoms with Gasteiger partial charge in [0.1, 0.15) is 5.54 Å². The first-order chi connectivity index (χ1) is 14.3. The van der Waals surface area contributed by atoms with E-state index in [-0.39, 0.29) is 23.8 Å². The van der Waals surface area contributed by atoms with Crippen molar-refractivity contribution < 1.29 is 14.4 Å². The van der Waals surface area contributed by atoms with Gasteiger partial charge < -0.3 is 10.2 Å². The third kappa shape index (κ3) is 4.53. The minimum Gasteiger partial charge on any atom is -0.343 e. The van der Waals surface area contributed by atoms with Crippen LogP contribution in [0.4, 0.5) is 4.79 Å². The molecule has 1 aromatic rings. The number of nitrogens with one attached hydrogen (secondary N) is 1. The smallest absolute Gasteiger partial charge is 0.325 e. The van der Waals surface area contributed by atoms with Crippen LogP contribution < -0.4 is 5.32 Å². The van der Waals surface area contributed by atoms with Crippen LogP contribution in [-0.4, -0.2) is 57.8 Å². The van der Waals surface area contributed by atoms with Crippen LogP contribution in [0.5, 0.6) is 0 Å². The zero-order valence-electron chi connectivity index (χ0n) is 18.6. The molecule has 0 spiro atoms. The summed E-state index contributed by atoms with van der Waals surface area (Å²) in [5.74, 6) is 0.668. The van der Waals surface area contributed by atoms with Crippen molar-refractivity contribution >= 4 is 29.2 Å². The Bertz CT molecular complexity index is 785. The number of rotatable bonds is 8. The number of imide groups is 1. The van der Waals surface area contributed by atoms with Crippen LogP contribution in [0.3, 0.4) is 0 Å². The van der Waals surface area contributed by atoms with Crippen molar-refractivity contribution in [2.24, 2.45) is 11.8 Å². The first kappa shape index (κ1) is 22.7. The Hall–Kier alpha value is -1.96. The van der Waals surface area contributed by atoms with Crippen LogP contribution in [0.2, 0.25) is 0 Å². The third-order valence-corrected chi connectivity index (χ3v) is 7.64. The van der Waals surface area contributed by atoms with Gasteiger partial charge in [0.15, 0.2) is 0 Å². The molecule has 0 saturated carbocycles. The first-order valence-corrected chi connectivity index (χ1v) is 12.0. The largest absolute Gasteiger partial charge is 0.343 e. The van der Waals surface area contributed by atoms with E-state index in [1.807, 2.05) is 18.7 Å². The highest BCUT2D eigenvalue weighted by molar-refractivity contribution is 7.09. The molecule has 0 unspecified atom stereocenters. The molecule has 4 amide bonds. The number of nitrogens with zero attached hydrogens (tertiary/aromatic N) is 3. The second-order valence-electron chi connectivity index (χ2n) is 8.91. The maximum Gasteiger partial charge on any atom is 0.325 e. The summed E-state index contributed by atoms with van der Waals surface area (Å²) >= 11 is 1.56. The van der Waals surface area contributed by atoms with E-state index in [9.17, 15) is 14.4 Å². The number of thiazole rings is 1. The molecule has 1 N–H and O–H groups in total. The van der Waals surface area contributed by atoms with E-state index in [1.54, 1.807) is 16.8 Å². The standard InChI is InChI=1S/C22H34N4O3S/c1-5-22(17-8-11-25(12-9-17)19(27)7-6-15(2)3)20(28)26(21(29)24-22)13-10-18-16(4)23-14-30-18/h14-15,17H,5-13H2,1-4H3,(H,24,29)/t22-/m0/s1. The summed E-state index contributed by atoms with van der Waals surface area (Å²) in [5.41, 5.74) is 1.92. The van der Waals surface area contributed by atoms with Crippen molar-refractivity contribution in [1.82, 2.24) is 20.1 Å². The van der Waals surface area contributed by atoms with E-state index < -0.39 is 5.54 Å². The average molecular weight is 435 g/mol.